The average Bonchev–Trinajstić information content (AvgIpc) is 2.80. The predicted octanol–water partition coefficient (Wildman–Crippen LogP) is 2.49. The van der Waals surface area contributed by atoms with Crippen molar-refractivity contribution in [1.82, 2.24) is 19.8 Å². The van der Waals surface area contributed by atoms with Crippen LogP contribution in [-0.2, 0) is 13.1 Å². The SMILES string of the molecule is CCn1c(CNCCN(C)C(C)C)nc2ccccc21. The molecule has 0 aliphatic carbocycles. The number of para-hydroxylation sites is 2. The van der Waals surface area contributed by atoms with Crippen LogP contribution in [0.2, 0.25) is 0 Å². The number of hydrogen-bond donors (Lipinski definition) is 1. The fourth-order valence-corrected chi connectivity index (χ4v) is 2.33. The van der Waals surface area contributed by atoms with Gasteiger partial charge in [0, 0.05) is 25.7 Å². The van der Waals surface area contributed by atoms with Crippen LogP contribution in [0.15, 0.2) is 24.3 Å². The van der Waals surface area contributed by atoms with Crippen molar-refractivity contribution in [3.8, 4) is 0 Å². The number of aromatic nitrogens is 2. The van der Waals surface area contributed by atoms with Gasteiger partial charge in [-0.15, -0.1) is 0 Å². The second-order valence-corrected chi connectivity index (χ2v) is 5.51. The topological polar surface area (TPSA) is 33.1 Å². The third kappa shape index (κ3) is 3.38. The summed E-state index contributed by atoms with van der Waals surface area (Å²) in [6.07, 6.45) is 0. The van der Waals surface area contributed by atoms with E-state index in [1.54, 1.807) is 0 Å². The molecule has 1 aromatic heterocycles. The summed E-state index contributed by atoms with van der Waals surface area (Å²) in [6, 6.07) is 8.94. The molecule has 110 valence electrons. The Hall–Kier alpha value is -1.39. The van der Waals surface area contributed by atoms with Gasteiger partial charge in [-0.2, -0.15) is 0 Å². The second-order valence-electron chi connectivity index (χ2n) is 5.51. The van der Waals surface area contributed by atoms with E-state index in [0.29, 0.717) is 6.04 Å². The van der Waals surface area contributed by atoms with Gasteiger partial charge in [0.25, 0.3) is 0 Å². The fraction of sp³-hybridized carbons (Fsp3) is 0.562. The van der Waals surface area contributed by atoms with Crippen molar-refractivity contribution < 1.29 is 0 Å². The highest BCUT2D eigenvalue weighted by Gasteiger charge is 2.08. The molecule has 4 heteroatoms. The maximum atomic E-state index is 4.72. The molecular formula is C16H26N4. The number of nitrogens with zero attached hydrogens (tertiary/aromatic N) is 3. The van der Waals surface area contributed by atoms with E-state index in [9.17, 15) is 0 Å². The zero-order valence-electron chi connectivity index (χ0n) is 13.1. The normalized spacial score (nSPS) is 11.9. The van der Waals surface area contributed by atoms with Crippen molar-refractivity contribution >= 4 is 11.0 Å². The Morgan fingerprint density at radius 3 is 2.75 bits per heavy atom. The van der Waals surface area contributed by atoms with Gasteiger partial charge in [-0.1, -0.05) is 12.1 Å². The van der Waals surface area contributed by atoms with Crippen LogP contribution in [-0.4, -0.2) is 40.6 Å². The maximum absolute atomic E-state index is 4.72. The van der Waals surface area contributed by atoms with Crippen molar-refractivity contribution in [1.29, 1.82) is 0 Å². The molecule has 0 saturated carbocycles. The van der Waals surface area contributed by atoms with Crippen LogP contribution in [0.1, 0.15) is 26.6 Å². The first-order chi connectivity index (χ1) is 9.63. The van der Waals surface area contributed by atoms with Crippen LogP contribution in [0.25, 0.3) is 11.0 Å². The summed E-state index contributed by atoms with van der Waals surface area (Å²) in [5, 5.41) is 3.50. The predicted molar refractivity (Wildman–Crippen MR) is 84.9 cm³/mol. The monoisotopic (exact) mass is 274 g/mol. The summed E-state index contributed by atoms with van der Waals surface area (Å²) >= 11 is 0. The molecule has 4 nitrogen and oxygen atoms in total. The lowest BCUT2D eigenvalue weighted by Crippen LogP contribution is -2.33. The first kappa shape index (κ1) is 15.0. The lowest BCUT2D eigenvalue weighted by molar-refractivity contribution is 0.273. The van der Waals surface area contributed by atoms with E-state index in [2.05, 4.69) is 60.8 Å². The number of imidazole rings is 1. The van der Waals surface area contributed by atoms with Crippen LogP contribution in [0.4, 0.5) is 0 Å². The van der Waals surface area contributed by atoms with E-state index < -0.39 is 0 Å². The number of hydrogen-bond acceptors (Lipinski definition) is 3. The van der Waals surface area contributed by atoms with E-state index in [4.69, 9.17) is 4.98 Å². The molecule has 1 heterocycles. The van der Waals surface area contributed by atoms with Crippen molar-refractivity contribution in [2.75, 3.05) is 20.1 Å². The molecule has 20 heavy (non-hydrogen) atoms. The number of fused-ring (bicyclic) bond motifs is 1. The molecule has 0 spiro atoms. The molecule has 0 fully saturated rings. The zero-order chi connectivity index (χ0) is 14.5. The Balaban J connectivity index is 1.96. The highest BCUT2D eigenvalue weighted by molar-refractivity contribution is 5.75. The van der Waals surface area contributed by atoms with Gasteiger partial charge in [0.15, 0.2) is 0 Å². The Kier molecular flexibility index (Phi) is 5.15. The minimum atomic E-state index is 0.594. The van der Waals surface area contributed by atoms with Gasteiger partial charge in [0.2, 0.25) is 0 Å². The van der Waals surface area contributed by atoms with E-state index in [1.807, 2.05) is 6.07 Å². The number of likely N-dealkylation sites (N-methyl/N-ethyl adjacent to an activating group) is 1. The quantitative estimate of drug-likeness (QED) is 0.788. The zero-order valence-corrected chi connectivity index (χ0v) is 13.1. The van der Waals surface area contributed by atoms with Gasteiger partial charge in [-0.05, 0) is 40.0 Å². The van der Waals surface area contributed by atoms with Crippen molar-refractivity contribution in [3.63, 3.8) is 0 Å². The molecular weight excluding hydrogens is 248 g/mol. The summed E-state index contributed by atoms with van der Waals surface area (Å²) < 4.78 is 2.29. The van der Waals surface area contributed by atoms with Gasteiger partial charge in [0.1, 0.15) is 5.82 Å². The number of aryl methyl sites for hydroxylation is 1. The van der Waals surface area contributed by atoms with Crippen molar-refractivity contribution in [2.24, 2.45) is 0 Å². The average molecular weight is 274 g/mol. The summed E-state index contributed by atoms with van der Waals surface area (Å²) in [5.74, 6) is 1.13. The first-order valence-electron chi connectivity index (χ1n) is 7.48. The smallest absolute Gasteiger partial charge is 0.123 e. The van der Waals surface area contributed by atoms with Crippen LogP contribution >= 0.6 is 0 Å². The van der Waals surface area contributed by atoms with E-state index >= 15 is 0 Å². The van der Waals surface area contributed by atoms with E-state index in [-0.39, 0.29) is 0 Å². The van der Waals surface area contributed by atoms with Gasteiger partial charge in [-0.25, -0.2) is 4.98 Å². The molecule has 1 aromatic carbocycles. The lowest BCUT2D eigenvalue weighted by atomic mass is 10.3. The lowest BCUT2D eigenvalue weighted by Gasteiger charge is -2.20. The third-order valence-electron chi connectivity index (χ3n) is 3.86. The second kappa shape index (κ2) is 6.86. The van der Waals surface area contributed by atoms with Crippen LogP contribution < -0.4 is 5.32 Å². The maximum Gasteiger partial charge on any atom is 0.123 e. The molecule has 1 N–H and O–H groups in total. The Bertz CT molecular complexity index is 544. The molecule has 0 bridgehead atoms. The summed E-state index contributed by atoms with van der Waals surface area (Å²) in [6.45, 7) is 10.4. The Labute approximate surface area is 121 Å². The molecule has 0 saturated heterocycles. The standard InChI is InChI=1S/C16H26N4/c1-5-20-15-9-7-6-8-14(15)18-16(20)12-17-10-11-19(4)13(2)3/h6-9,13,17H,5,10-12H2,1-4H3. The molecule has 2 rings (SSSR count). The van der Waals surface area contributed by atoms with Crippen LogP contribution in [0, 0.1) is 0 Å². The molecule has 0 unspecified atom stereocenters. The number of rotatable bonds is 7. The fourth-order valence-electron chi connectivity index (χ4n) is 2.33. The first-order valence-corrected chi connectivity index (χ1v) is 7.48. The van der Waals surface area contributed by atoms with Crippen LogP contribution in [0.3, 0.4) is 0 Å². The number of nitrogens with one attached hydrogen (secondary N) is 1. The molecule has 0 aliphatic rings. The third-order valence-corrected chi connectivity index (χ3v) is 3.86. The molecule has 0 atom stereocenters. The summed E-state index contributed by atoms with van der Waals surface area (Å²) in [5.41, 5.74) is 2.32. The van der Waals surface area contributed by atoms with Gasteiger partial charge < -0.3 is 14.8 Å². The minimum absolute atomic E-state index is 0.594. The van der Waals surface area contributed by atoms with Crippen molar-refractivity contribution in [3.05, 3.63) is 30.1 Å². The molecule has 0 amide bonds. The van der Waals surface area contributed by atoms with Crippen LogP contribution in [0.5, 0.6) is 0 Å². The Morgan fingerprint density at radius 2 is 2.05 bits per heavy atom. The van der Waals surface area contributed by atoms with E-state index in [0.717, 1.165) is 37.5 Å². The highest BCUT2D eigenvalue weighted by atomic mass is 15.1. The minimum Gasteiger partial charge on any atom is -0.327 e. The summed E-state index contributed by atoms with van der Waals surface area (Å²) in [4.78, 5) is 7.07. The van der Waals surface area contributed by atoms with Gasteiger partial charge in [0.05, 0.1) is 17.6 Å². The molecule has 2 aromatic rings. The largest absolute Gasteiger partial charge is 0.327 e. The summed E-state index contributed by atoms with van der Waals surface area (Å²) in [7, 11) is 2.16. The van der Waals surface area contributed by atoms with Crippen molar-refractivity contribution in [2.45, 2.75) is 39.9 Å². The molecule has 0 aliphatic heterocycles. The molecule has 0 radical (unpaired) electrons. The van der Waals surface area contributed by atoms with Gasteiger partial charge in [-0.3, -0.25) is 0 Å². The Morgan fingerprint density at radius 1 is 1.30 bits per heavy atom. The van der Waals surface area contributed by atoms with Gasteiger partial charge >= 0.3 is 0 Å². The van der Waals surface area contributed by atoms with E-state index in [1.165, 1.54) is 5.52 Å². The number of benzene rings is 1. The highest BCUT2D eigenvalue weighted by Crippen LogP contribution is 2.15.